The van der Waals surface area contributed by atoms with Gasteiger partial charge < -0.3 is 14.8 Å². The largest absolute Gasteiger partial charge is 0.396 e. The fourth-order valence-corrected chi connectivity index (χ4v) is 1.65. The van der Waals surface area contributed by atoms with Crippen molar-refractivity contribution in [1.29, 1.82) is 0 Å². The highest BCUT2D eigenvalue weighted by Crippen LogP contribution is 1.95. The third-order valence-corrected chi connectivity index (χ3v) is 2.73. The van der Waals surface area contributed by atoms with E-state index in [2.05, 4.69) is 4.98 Å². The molecule has 8 nitrogen and oxygen atoms in total. The van der Waals surface area contributed by atoms with Crippen LogP contribution in [0.15, 0.2) is 15.8 Å². The highest BCUT2D eigenvalue weighted by atomic mass is 16.3. The third-order valence-electron chi connectivity index (χ3n) is 2.73. The first-order chi connectivity index (χ1) is 9.49. The first kappa shape index (κ1) is 15.8. The van der Waals surface area contributed by atoms with Crippen molar-refractivity contribution in [2.75, 3.05) is 19.7 Å². The van der Waals surface area contributed by atoms with E-state index >= 15 is 0 Å². The molecule has 1 amide bonds. The highest BCUT2D eigenvalue weighted by molar-refractivity contribution is 5.78. The maximum Gasteiger partial charge on any atom is 0.328 e. The minimum Gasteiger partial charge on any atom is -0.396 e. The molecule has 0 aliphatic carbocycles. The maximum atomic E-state index is 12.0. The van der Waals surface area contributed by atoms with Crippen LogP contribution in [0, 0.1) is 6.92 Å². The molecule has 1 aromatic rings. The molecule has 0 spiro atoms. The number of carbonyl (C=O) groups is 2. The summed E-state index contributed by atoms with van der Waals surface area (Å²) in [5.74, 6) is -0.431. The van der Waals surface area contributed by atoms with Crippen molar-refractivity contribution in [3.05, 3.63) is 32.6 Å². The average Bonchev–Trinajstić information content (AvgIpc) is 2.40. The highest BCUT2D eigenvalue weighted by Gasteiger charge is 2.14. The Balaban J connectivity index is 2.87. The zero-order valence-corrected chi connectivity index (χ0v) is 11.2. The molecule has 0 unspecified atom stereocenters. The predicted octanol–water partition coefficient (Wildman–Crippen LogP) is -1.75. The number of nitrogens with one attached hydrogen (secondary N) is 1. The molecule has 1 aromatic heterocycles. The first-order valence-electron chi connectivity index (χ1n) is 6.12. The second-order valence-electron chi connectivity index (χ2n) is 4.28. The number of hydrogen-bond acceptors (Lipinski definition) is 5. The van der Waals surface area contributed by atoms with Gasteiger partial charge in [0.25, 0.3) is 5.56 Å². The molecular formula is C12H17N3O5. The van der Waals surface area contributed by atoms with Gasteiger partial charge in [0.05, 0.1) is 6.54 Å². The lowest BCUT2D eigenvalue weighted by molar-refractivity contribution is -0.133. The van der Waals surface area contributed by atoms with Crippen molar-refractivity contribution in [2.24, 2.45) is 0 Å². The maximum absolute atomic E-state index is 12.0. The zero-order valence-electron chi connectivity index (χ0n) is 11.2. The van der Waals surface area contributed by atoms with E-state index in [1.807, 2.05) is 0 Å². The molecule has 0 saturated carbocycles. The minimum atomic E-state index is -0.679. The van der Waals surface area contributed by atoms with Crippen LogP contribution in [0.3, 0.4) is 0 Å². The Hall–Kier alpha value is -2.22. The molecule has 8 heteroatoms. The van der Waals surface area contributed by atoms with Crippen molar-refractivity contribution in [3.8, 4) is 0 Å². The number of rotatable bonds is 7. The van der Waals surface area contributed by atoms with Crippen LogP contribution < -0.4 is 11.2 Å². The Morgan fingerprint density at radius 2 is 2.20 bits per heavy atom. The Kier molecular flexibility index (Phi) is 5.85. The fraction of sp³-hybridized carbons (Fsp3) is 0.500. The summed E-state index contributed by atoms with van der Waals surface area (Å²) >= 11 is 0. The van der Waals surface area contributed by atoms with Crippen LogP contribution in [-0.2, 0) is 16.1 Å². The molecule has 0 saturated heterocycles. The van der Waals surface area contributed by atoms with E-state index in [1.165, 1.54) is 18.0 Å². The van der Waals surface area contributed by atoms with Gasteiger partial charge in [0.2, 0.25) is 5.91 Å². The number of aromatic nitrogens is 2. The summed E-state index contributed by atoms with van der Waals surface area (Å²) in [5.41, 5.74) is -0.861. The molecule has 0 bridgehead atoms. The Morgan fingerprint density at radius 1 is 1.50 bits per heavy atom. The fourth-order valence-electron chi connectivity index (χ4n) is 1.65. The lowest BCUT2D eigenvalue weighted by Crippen LogP contribution is -2.40. The lowest BCUT2D eigenvalue weighted by Gasteiger charge is -2.20. The van der Waals surface area contributed by atoms with E-state index < -0.39 is 17.2 Å². The summed E-state index contributed by atoms with van der Waals surface area (Å²) in [6.45, 7) is 1.28. The van der Waals surface area contributed by atoms with Crippen LogP contribution in [0.1, 0.15) is 12.0 Å². The molecule has 0 radical (unpaired) electrons. The van der Waals surface area contributed by atoms with E-state index in [0.29, 0.717) is 18.3 Å². The van der Waals surface area contributed by atoms with E-state index in [-0.39, 0.29) is 26.2 Å². The molecule has 1 rings (SSSR count). The SMILES string of the molecule is Cc1cn(CC(=O)N(CC=O)CCCO)c(=O)[nH]c1=O. The molecule has 0 atom stereocenters. The van der Waals surface area contributed by atoms with Gasteiger partial charge in [0.15, 0.2) is 0 Å². The summed E-state index contributed by atoms with van der Waals surface area (Å²) in [6, 6.07) is 0. The summed E-state index contributed by atoms with van der Waals surface area (Å²) in [5, 5.41) is 8.74. The molecule has 0 aliphatic heterocycles. The van der Waals surface area contributed by atoms with Gasteiger partial charge in [0.1, 0.15) is 12.8 Å². The normalized spacial score (nSPS) is 10.3. The summed E-state index contributed by atoms with van der Waals surface area (Å²) < 4.78 is 1.08. The average molecular weight is 283 g/mol. The smallest absolute Gasteiger partial charge is 0.328 e. The molecule has 110 valence electrons. The monoisotopic (exact) mass is 283 g/mol. The van der Waals surface area contributed by atoms with Gasteiger partial charge in [-0.2, -0.15) is 0 Å². The van der Waals surface area contributed by atoms with Gasteiger partial charge in [-0.15, -0.1) is 0 Å². The summed E-state index contributed by atoms with van der Waals surface area (Å²) in [4.78, 5) is 48.6. The number of aliphatic hydroxyl groups excluding tert-OH is 1. The lowest BCUT2D eigenvalue weighted by atomic mass is 10.3. The van der Waals surface area contributed by atoms with Gasteiger partial charge in [-0.1, -0.05) is 0 Å². The molecule has 1 heterocycles. The van der Waals surface area contributed by atoms with Crippen molar-refractivity contribution >= 4 is 12.2 Å². The number of aliphatic hydroxyl groups is 1. The van der Waals surface area contributed by atoms with Crippen LogP contribution in [-0.4, -0.2) is 51.4 Å². The van der Waals surface area contributed by atoms with Gasteiger partial charge in [0, 0.05) is 24.9 Å². The van der Waals surface area contributed by atoms with Crippen LogP contribution in [0.2, 0.25) is 0 Å². The van der Waals surface area contributed by atoms with Gasteiger partial charge in [-0.3, -0.25) is 19.1 Å². The molecule has 20 heavy (non-hydrogen) atoms. The van der Waals surface area contributed by atoms with Crippen LogP contribution >= 0.6 is 0 Å². The molecule has 2 N–H and O–H groups in total. The second kappa shape index (κ2) is 7.39. The van der Waals surface area contributed by atoms with Crippen molar-refractivity contribution < 1.29 is 14.7 Å². The summed E-state index contributed by atoms with van der Waals surface area (Å²) in [6.07, 6.45) is 2.22. The standard InChI is InChI=1S/C12H17N3O5/c1-9-7-15(12(20)13-11(9)19)8-10(18)14(4-6-17)3-2-5-16/h6-7,16H,2-5,8H2,1H3,(H,13,19,20). The minimum absolute atomic E-state index is 0.0969. The Labute approximate surface area is 114 Å². The van der Waals surface area contributed by atoms with E-state index in [9.17, 15) is 19.2 Å². The number of aryl methyl sites for hydroxylation is 1. The number of hydrogen-bond donors (Lipinski definition) is 2. The molecule has 0 aliphatic rings. The summed E-state index contributed by atoms with van der Waals surface area (Å²) in [7, 11) is 0. The van der Waals surface area contributed by atoms with Gasteiger partial charge in [-0.25, -0.2) is 4.79 Å². The number of amides is 1. The van der Waals surface area contributed by atoms with Gasteiger partial charge >= 0.3 is 5.69 Å². The van der Waals surface area contributed by atoms with Crippen molar-refractivity contribution in [1.82, 2.24) is 14.5 Å². The topological polar surface area (TPSA) is 112 Å². The van der Waals surface area contributed by atoms with Crippen LogP contribution in [0.25, 0.3) is 0 Å². The van der Waals surface area contributed by atoms with Crippen molar-refractivity contribution in [2.45, 2.75) is 19.9 Å². The Bertz CT molecular complexity index is 589. The number of aldehydes is 1. The van der Waals surface area contributed by atoms with E-state index in [4.69, 9.17) is 5.11 Å². The molecular weight excluding hydrogens is 266 g/mol. The van der Waals surface area contributed by atoms with Gasteiger partial charge in [-0.05, 0) is 13.3 Å². The number of nitrogens with zero attached hydrogens (tertiary/aromatic N) is 2. The van der Waals surface area contributed by atoms with E-state index in [0.717, 1.165) is 4.57 Å². The quantitative estimate of drug-likeness (QED) is 0.576. The molecule has 0 aromatic carbocycles. The molecule has 0 fully saturated rings. The number of carbonyl (C=O) groups excluding carboxylic acids is 2. The first-order valence-corrected chi connectivity index (χ1v) is 6.12. The predicted molar refractivity (Wildman–Crippen MR) is 70.4 cm³/mol. The van der Waals surface area contributed by atoms with Crippen LogP contribution in [0.5, 0.6) is 0 Å². The Morgan fingerprint density at radius 3 is 2.80 bits per heavy atom. The van der Waals surface area contributed by atoms with Crippen molar-refractivity contribution in [3.63, 3.8) is 0 Å². The van der Waals surface area contributed by atoms with E-state index in [1.54, 1.807) is 0 Å². The second-order valence-corrected chi connectivity index (χ2v) is 4.28. The number of aromatic amines is 1. The van der Waals surface area contributed by atoms with Crippen LogP contribution in [0.4, 0.5) is 0 Å². The number of H-pyrrole nitrogens is 1. The third kappa shape index (κ3) is 4.16. The zero-order chi connectivity index (χ0) is 15.1.